The van der Waals surface area contributed by atoms with Crippen molar-refractivity contribution in [2.45, 2.75) is 19.4 Å². The summed E-state index contributed by atoms with van der Waals surface area (Å²) in [5.74, 6) is 1.15. The van der Waals surface area contributed by atoms with Gasteiger partial charge in [-0.3, -0.25) is 9.36 Å². The maximum Gasteiger partial charge on any atom is 0.328 e. The zero-order valence-electron chi connectivity index (χ0n) is 17.6. The van der Waals surface area contributed by atoms with Gasteiger partial charge in [-0.25, -0.2) is 14.8 Å². The molecule has 1 amide bonds. The number of ether oxygens (including phenoxy) is 1. The molecular formula is C23H22N5O4. The molecule has 0 aliphatic rings. The number of para-hydroxylation sites is 1. The molecule has 3 N–H and O–H groups in total. The van der Waals surface area contributed by atoms with E-state index in [1.165, 1.54) is 4.57 Å². The Morgan fingerprint density at radius 1 is 1.19 bits per heavy atom. The molecule has 4 aromatic rings. The molecule has 1 radical (unpaired) electrons. The second-order valence-corrected chi connectivity index (χ2v) is 7.36. The molecule has 32 heavy (non-hydrogen) atoms. The highest BCUT2D eigenvalue weighted by atomic mass is 16.5. The number of benzene rings is 2. The standard InChI is InChI=1S/C23H22N5O4/c1-14(12-29)15-7-9-16(10-8-15)20-26-21(24-13-30)19-22(27-20)28(23(31)25-19)11-17-5-3-4-6-18(17)32-2/h3-10,14,29H,11-12H2,1-2H3,(H,25,31)(H,24,26,27,30). The summed E-state index contributed by atoms with van der Waals surface area (Å²) >= 11 is 0. The van der Waals surface area contributed by atoms with Crippen molar-refractivity contribution in [1.29, 1.82) is 0 Å². The van der Waals surface area contributed by atoms with Gasteiger partial charge >= 0.3 is 12.1 Å². The lowest BCUT2D eigenvalue weighted by atomic mass is 10.0. The SMILES string of the molecule is COc1ccccc1Cn1c(=O)[nH]c2c(N[C]=O)nc(-c3ccc(C(C)CO)cc3)nc21. The second-order valence-electron chi connectivity index (χ2n) is 7.36. The fraction of sp³-hybridized carbons (Fsp3) is 0.217. The lowest BCUT2D eigenvalue weighted by molar-refractivity contribution is 0.273. The highest BCUT2D eigenvalue weighted by molar-refractivity contribution is 5.90. The number of anilines is 1. The molecule has 0 aliphatic heterocycles. The topological polar surface area (TPSA) is 122 Å². The van der Waals surface area contributed by atoms with Crippen molar-refractivity contribution in [1.82, 2.24) is 19.5 Å². The van der Waals surface area contributed by atoms with Crippen LogP contribution in [0, 0.1) is 0 Å². The molecule has 1 atom stereocenters. The molecule has 2 heterocycles. The fourth-order valence-corrected chi connectivity index (χ4v) is 3.51. The summed E-state index contributed by atoms with van der Waals surface area (Å²) in [5.41, 5.74) is 2.74. The van der Waals surface area contributed by atoms with Gasteiger partial charge in [0, 0.05) is 23.7 Å². The molecule has 9 nitrogen and oxygen atoms in total. The number of nitrogens with one attached hydrogen (secondary N) is 2. The van der Waals surface area contributed by atoms with Crippen LogP contribution in [0.4, 0.5) is 5.82 Å². The molecule has 9 heteroatoms. The van der Waals surface area contributed by atoms with Crippen molar-refractivity contribution >= 4 is 23.4 Å². The molecule has 2 aromatic heterocycles. The highest BCUT2D eigenvalue weighted by Crippen LogP contribution is 2.26. The number of aromatic nitrogens is 4. The van der Waals surface area contributed by atoms with Gasteiger partial charge in [-0.05, 0) is 11.6 Å². The molecule has 0 spiro atoms. The maximum absolute atomic E-state index is 12.7. The monoisotopic (exact) mass is 432 g/mol. The van der Waals surface area contributed by atoms with Gasteiger partial charge in [0.1, 0.15) is 11.3 Å². The molecule has 1 unspecified atom stereocenters. The van der Waals surface area contributed by atoms with E-state index in [1.54, 1.807) is 13.5 Å². The Labute approximate surface area is 183 Å². The van der Waals surface area contributed by atoms with Crippen LogP contribution in [0.25, 0.3) is 22.6 Å². The van der Waals surface area contributed by atoms with Crippen molar-refractivity contribution in [3.05, 3.63) is 70.1 Å². The Morgan fingerprint density at radius 2 is 1.94 bits per heavy atom. The molecule has 0 aliphatic carbocycles. The number of aliphatic hydroxyl groups is 1. The molecule has 163 valence electrons. The predicted octanol–water partition coefficient (Wildman–Crippen LogP) is 2.42. The Kier molecular flexibility index (Phi) is 6.00. The van der Waals surface area contributed by atoms with E-state index >= 15 is 0 Å². The van der Waals surface area contributed by atoms with Crippen molar-refractivity contribution in [3.63, 3.8) is 0 Å². The molecule has 0 bridgehead atoms. The first kappa shape index (κ1) is 21.3. The van der Waals surface area contributed by atoms with E-state index in [9.17, 15) is 14.7 Å². The summed E-state index contributed by atoms with van der Waals surface area (Å²) < 4.78 is 6.87. The first-order valence-electron chi connectivity index (χ1n) is 10.0. The highest BCUT2D eigenvalue weighted by Gasteiger charge is 2.18. The summed E-state index contributed by atoms with van der Waals surface area (Å²) in [6.07, 6.45) is 1.61. The first-order chi connectivity index (χ1) is 15.5. The van der Waals surface area contributed by atoms with Crippen molar-refractivity contribution in [3.8, 4) is 17.1 Å². The Bertz CT molecular complexity index is 1310. The lowest BCUT2D eigenvalue weighted by Gasteiger charge is -2.11. The minimum atomic E-state index is -0.390. The van der Waals surface area contributed by atoms with Gasteiger partial charge in [0.05, 0.1) is 13.7 Å². The smallest absolute Gasteiger partial charge is 0.328 e. The van der Waals surface area contributed by atoms with E-state index in [1.807, 2.05) is 55.5 Å². The van der Waals surface area contributed by atoms with E-state index in [2.05, 4.69) is 20.3 Å². The van der Waals surface area contributed by atoms with Crippen LogP contribution in [0.15, 0.2) is 53.3 Å². The van der Waals surface area contributed by atoms with Gasteiger partial charge in [0.25, 0.3) is 0 Å². The zero-order chi connectivity index (χ0) is 22.7. The molecule has 4 rings (SSSR count). The molecule has 0 fully saturated rings. The number of nitrogens with zero attached hydrogens (tertiary/aromatic N) is 3. The average Bonchev–Trinajstić information content (AvgIpc) is 3.14. The summed E-state index contributed by atoms with van der Waals surface area (Å²) in [6, 6.07) is 14.9. The van der Waals surface area contributed by atoms with E-state index in [4.69, 9.17) is 4.74 Å². The lowest BCUT2D eigenvalue weighted by Crippen LogP contribution is -2.18. The quantitative estimate of drug-likeness (QED) is 0.368. The number of carbonyl (C=O) groups excluding carboxylic acids is 1. The molecule has 0 saturated heterocycles. The van der Waals surface area contributed by atoms with Crippen LogP contribution in [-0.2, 0) is 11.3 Å². The van der Waals surface area contributed by atoms with Crippen LogP contribution in [-0.4, -0.2) is 44.8 Å². The molecular weight excluding hydrogens is 410 g/mol. The van der Waals surface area contributed by atoms with Gasteiger partial charge in [-0.1, -0.05) is 49.4 Å². The number of aliphatic hydroxyl groups excluding tert-OH is 1. The van der Waals surface area contributed by atoms with Crippen LogP contribution in [0.3, 0.4) is 0 Å². The minimum Gasteiger partial charge on any atom is -0.496 e. The first-order valence-corrected chi connectivity index (χ1v) is 10.0. The second kappa shape index (κ2) is 9.03. The maximum atomic E-state index is 12.7. The number of hydrogen-bond donors (Lipinski definition) is 3. The fourth-order valence-electron chi connectivity index (χ4n) is 3.51. The summed E-state index contributed by atoms with van der Waals surface area (Å²) in [5, 5.41) is 11.8. The van der Waals surface area contributed by atoms with Crippen LogP contribution < -0.4 is 15.7 Å². The summed E-state index contributed by atoms with van der Waals surface area (Å²) in [6.45, 7) is 2.19. The Balaban J connectivity index is 1.84. The third-order valence-electron chi connectivity index (χ3n) is 5.32. The van der Waals surface area contributed by atoms with Gasteiger partial charge < -0.3 is 20.1 Å². The number of imidazole rings is 1. The van der Waals surface area contributed by atoms with E-state index < -0.39 is 5.69 Å². The average molecular weight is 432 g/mol. The number of fused-ring (bicyclic) bond motifs is 1. The van der Waals surface area contributed by atoms with Crippen LogP contribution >= 0.6 is 0 Å². The Hall–Kier alpha value is -3.98. The minimum absolute atomic E-state index is 0.00467. The van der Waals surface area contributed by atoms with Crippen LogP contribution in [0.5, 0.6) is 5.75 Å². The van der Waals surface area contributed by atoms with Crippen LogP contribution in [0.1, 0.15) is 24.0 Å². The normalized spacial score (nSPS) is 12.0. The summed E-state index contributed by atoms with van der Waals surface area (Å²) in [7, 11) is 1.57. The number of H-pyrrole nitrogens is 1. The third kappa shape index (κ3) is 3.97. The van der Waals surface area contributed by atoms with Crippen molar-refractivity contribution < 1.29 is 14.6 Å². The van der Waals surface area contributed by atoms with Crippen molar-refractivity contribution in [2.75, 3.05) is 19.0 Å². The van der Waals surface area contributed by atoms with Gasteiger partial charge in [-0.15, -0.1) is 0 Å². The van der Waals surface area contributed by atoms with E-state index in [0.29, 0.717) is 28.3 Å². The predicted molar refractivity (Wildman–Crippen MR) is 120 cm³/mol. The van der Waals surface area contributed by atoms with Gasteiger partial charge in [0.15, 0.2) is 17.3 Å². The Morgan fingerprint density at radius 3 is 2.62 bits per heavy atom. The molecule has 2 aromatic carbocycles. The largest absolute Gasteiger partial charge is 0.496 e. The number of aromatic amines is 1. The number of amides is 1. The van der Waals surface area contributed by atoms with Gasteiger partial charge in [-0.2, -0.15) is 0 Å². The number of hydrogen-bond acceptors (Lipinski definition) is 6. The summed E-state index contributed by atoms with van der Waals surface area (Å²) in [4.78, 5) is 35.5. The van der Waals surface area contributed by atoms with E-state index in [-0.39, 0.29) is 24.9 Å². The van der Waals surface area contributed by atoms with E-state index in [0.717, 1.165) is 11.1 Å². The van der Waals surface area contributed by atoms with Crippen LogP contribution in [0.2, 0.25) is 0 Å². The van der Waals surface area contributed by atoms with Crippen molar-refractivity contribution in [2.24, 2.45) is 0 Å². The van der Waals surface area contributed by atoms with Gasteiger partial charge in [0.2, 0.25) is 0 Å². The number of methoxy groups -OCH3 is 1. The zero-order valence-corrected chi connectivity index (χ0v) is 17.6. The number of rotatable bonds is 8. The molecule has 0 saturated carbocycles. The third-order valence-corrected chi connectivity index (χ3v) is 5.32.